The van der Waals surface area contributed by atoms with E-state index < -0.39 is 0 Å². The molecule has 148 valence electrons. The van der Waals surface area contributed by atoms with Crippen LogP contribution in [-0.4, -0.2) is 9.38 Å². The minimum atomic E-state index is 0.870. The predicted molar refractivity (Wildman–Crippen MR) is 124 cm³/mol. The van der Waals surface area contributed by atoms with E-state index in [0.717, 1.165) is 70.4 Å². The zero-order valence-corrected chi connectivity index (χ0v) is 17.8. The van der Waals surface area contributed by atoms with Crippen LogP contribution in [0.1, 0.15) is 70.2 Å². The number of nitrogens with zero attached hydrogens (tertiary/aromatic N) is 2. The lowest BCUT2D eigenvalue weighted by Gasteiger charge is -2.15. The van der Waals surface area contributed by atoms with Crippen molar-refractivity contribution in [1.82, 2.24) is 9.38 Å². The van der Waals surface area contributed by atoms with Crippen LogP contribution in [-0.2, 0) is 0 Å². The Bertz CT molecular complexity index is 952. The van der Waals surface area contributed by atoms with Crippen LogP contribution in [0.25, 0.3) is 22.4 Å². The molecule has 0 fully saturated rings. The van der Waals surface area contributed by atoms with Gasteiger partial charge in [-0.2, -0.15) is 0 Å². The lowest BCUT2D eigenvalue weighted by molar-refractivity contribution is 0.972. The standard InChI is InChI=1S/C25H33N3/c1-7-11-19(5)22-14-25-27-16-24(20(6)13-10-12-18(4)8-2)28(25)17-23(22)21(9-3)15-26/h10,12-17H,4-5,7-9,11,26H2,1-3,6H3/b12-10-,20-13+,21-15+. The summed E-state index contributed by atoms with van der Waals surface area (Å²) in [5.41, 5.74) is 14.7. The SMILES string of the molecule is C=C(/C=C\C=C(/C)c1cnc2cc(C(=C)CCC)c(/C(=C/N)CC)cn12)CC. The average Bonchev–Trinajstić information content (AvgIpc) is 3.11. The molecule has 0 aliphatic heterocycles. The predicted octanol–water partition coefficient (Wildman–Crippen LogP) is 6.78. The Morgan fingerprint density at radius 2 is 1.93 bits per heavy atom. The van der Waals surface area contributed by atoms with Crippen LogP contribution < -0.4 is 5.73 Å². The van der Waals surface area contributed by atoms with Crippen molar-refractivity contribution in [2.24, 2.45) is 5.73 Å². The van der Waals surface area contributed by atoms with Gasteiger partial charge in [-0.25, -0.2) is 4.98 Å². The first-order valence-electron chi connectivity index (χ1n) is 10.1. The van der Waals surface area contributed by atoms with Gasteiger partial charge in [0, 0.05) is 11.8 Å². The van der Waals surface area contributed by atoms with Gasteiger partial charge in [-0.3, -0.25) is 4.40 Å². The Kier molecular flexibility index (Phi) is 7.62. The summed E-state index contributed by atoms with van der Waals surface area (Å²) in [7, 11) is 0. The molecule has 0 amide bonds. The Hall–Kier alpha value is -2.81. The number of aromatic nitrogens is 2. The van der Waals surface area contributed by atoms with E-state index in [-0.39, 0.29) is 0 Å². The Morgan fingerprint density at radius 3 is 2.54 bits per heavy atom. The van der Waals surface area contributed by atoms with E-state index in [4.69, 9.17) is 5.73 Å². The van der Waals surface area contributed by atoms with Crippen molar-refractivity contribution >= 4 is 22.4 Å². The van der Waals surface area contributed by atoms with Gasteiger partial charge in [0.1, 0.15) is 5.65 Å². The minimum absolute atomic E-state index is 0.870. The molecule has 2 N–H and O–H groups in total. The first kappa shape index (κ1) is 21.5. The second-order valence-corrected chi connectivity index (χ2v) is 7.09. The van der Waals surface area contributed by atoms with Gasteiger partial charge < -0.3 is 5.73 Å². The zero-order valence-electron chi connectivity index (χ0n) is 17.8. The second kappa shape index (κ2) is 9.93. The summed E-state index contributed by atoms with van der Waals surface area (Å²) in [6.45, 7) is 16.8. The van der Waals surface area contributed by atoms with Gasteiger partial charge in [0.25, 0.3) is 0 Å². The number of pyridine rings is 1. The van der Waals surface area contributed by atoms with Gasteiger partial charge >= 0.3 is 0 Å². The Balaban J connectivity index is 2.59. The molecule has 0 unspecified atom stereocenters. The van der Waals surface area contributed by atoms with Crippen molar-refractivity contribution in [3.05, 3.63) is 78.4 Å². The molecular weight excluding hydrogens is 342 g/mol. The highest BCUT2D eigenvalue weighted by Gasteiger charge is 2.14. The highest BCUT2D eigenvalue weighted by molar-refractivity contribution is 5.81. The van der Waals surface area contributed by atoms with Crippen LogP contribution in [0.2, 0.25) is 0 Å². The topological polar surface area (TPSA) is 43.3 Å². The Labute approximate surface area is 169 Å². The van der Waals surface area contributed by atoms with Crippen LogP contribution in [0, 0.1) is 0 Å². The van der Waals surface area contributed by atoms with Crippen molar-refractivity contribution in [3.8, 4) is 0 Å². The fourth-order valence-electron chi connectivity index (χ4n) is 3.23. The van der Waals surface area contributed by atoms with Crippen molar-refractivity contribution in [3.63, 3.8) is 0 Å². The molecule has 2 heterocycles. The maximum atomic E-state index is 5.94. The molecule has 0 saturated heterocycles. The quantitative estimate of drug-likeness (QED) is 0.491. The number of hydrogen-bond acceptors (Lipinski definition) is 2. The smallest absolute Gasteiger partial charge is 0.137 e. The number of rotatable bonds is 9. The largest absolute Gasteiger partial charge is 0.404 e. The molecule has 0 bridgehead atoms. The first-order valence-corrected chi connectivity index (χ1v) is 10.1. The fourth-order valence-corrected chi connectivity index (χ4v) is 3.23. The Morgan fingerprint density at radius 1 is 1.18 bits per heavy atom. The van der Waals surface area contributed by atoms with E-state index in [2.05, 4.69) is 80.7 Å². The molecule has 0 aliphatic rings. The molecule has 0 atom stereocenters. The van der Waals surface area contributed by atoms with E-state index in [1.54, 1.807) is 6.20 Å². The molecule has 3 heteroatoms. The number of allylic oxidation sites excluding steroid dienone is 7. The third-order valence-corrected chi connectivity index (χ3v) is 5.04. The molecule has 2 aromatic heterocycles. The fraction of sp³-hybridized carbons (Fsp3) is 0.320. The highest BCUT2D eigenvalue weighted by atomic mass is 15.0. The molecule has 2 aromatic rings. The van der Waals surface area contributed by atoms with Gasteiger partial charge in [-0.15, -0.1) is 0 Å². The van der Waals surface area contributed by atoms with Crippen LogP contribution in [0.5, 0.6) is 0 Å². The molecule has 0 saturated carbocycles. The van der Waals surface area contributed by atoms with Gasteiger partial charge in [0.2, 0.25) is 0 Å². The molecule has 2 rings (SSSR count). The number of imidazole rings is 1. The average molecular weight is 376 g/mol. The maximum Gasteiger partial charge on any atom is 0.137 e. The van der Waals surface area contributed by atoms with Gasteiger partial charge in [-0.05, 0) is 60.7 Å². The number of fused-ring (bicyclic) bond motifs is 1. The van der Waals surface area contributed by atoms with Crippen LogP contribution in [0.4, 0.5) is 0 Å². The third kappa shape index (κ3) is 4.72. The molecule has 0 aromatic carbocycles. The molecule has 0 aliphatic carbocycles. The van der Waals surface area contributed by atoms with Crippen LogP contribution in [0.3, 0.4) is 0 Å². The van der Waals surface area contributed by atoms with Crippen molar-refractivity contribution in [2.45, 2.75) is 53.4 Å². The lowest BCUT2D eigenvalue weighted by Crippen LogP contribution is -2.01. The molecule has 28 heavy (non-hydrogen) atoms. The van der Waals surface area contributed by atoms with Crippen molar-refractivity contribution < 1.29 is 0 Å². The summed E-state index contributed by atoms with van der Waals surface area (Å²) in [5.74, 6) is 0. The van der Waals surface area contributed by atoms with E-state index in [1.807, 2.05) is 6.20 Å². The summed E-state index contributed by atoms with van der Waals surface area (Å²) in [6, 6.07) is 2.14. The van der Waals surface area contributed by atoms with Gasteiger partial charge in [0.05, 0.1) is 11.9 Å². The third-order valence-electron chi connectivity index (χ3n) is 5.04. The monoisotopic (exact) mass is 375 g/mol. The van der Waals surface area contributed by atoms with Crippen LogP contribution in [0.15, 0.2) is 61.6 Å². The molecular formula is C25H33N3. The molecule has 0 spiro atoms. The normalized spacial score (nSPS) is 12.9. The summed E-state index contributed by atoms with van der Waals surface area (Å²) >= 11 is 0. The zero-order chi connectivity index (χ0) is 20.7. The summed E-state index contributed by atoms with van der Waals surface area (Å²) in [4.78, 5) is 4.64. The van der Waals surface area contributed by atoms with Crippen molar-refractivity contribution in [2.75, 3.05) is 0 Å². The van der Waals surface area contributed by atoms with Crippen LogP contribution >= 0.6 is 0 Å². The first-order chi connectivity index (χ1) is 13.5. The molecule has 3 nitrogen and oxygen atoms in total. The lowest BCUT2D eigenvalue weighted by atomic mass is 9.94. The summed E-state index contributed by atoms with van der Waals surface area (Å²) in [6.07, 6.45) is 15.9. The van der Waals surface area contributed by atoms with E-state index in [1.165, 1.54) is 0 Å². The van der Waals surface area contributed by atoms with E-state index >= 15 is 0 Å². The summed E-state index contributed by atoms with van der Waals surface area (Å²) in [5, 5.41) is 0. The number of nitrogens with two attached hydrogens (primary N) is 1. The second-order valence-electron chi connectivity index (χ2n) is 7.09. The number of hydrogen-bond donors (Lipinski definition) is 1. The van der Waals surface area contributed by atoms with E-state index in [9.17, 15) is 0 Å². The van der Waals surface area contributed by atoms with E-state index in [0.29, 0.717) is 0 Å². The van der Waals surface area contributed by atoms with Gasteiger partial charge in [0.15, 0.2) is 0 Å². The minimum Gasteiger partial charge on any atom is -0.404 e. The van der Waals surface area contributed by atoms with Gasteiger partial charge in [-0.1, -0.05) is 64.2 Å². The molecule has 0 radical (unpaired) electrons. The maximum absolute atomic E-state index is 5.94. The highest BCUT2D eigenvalue weighted by Crippen LogP contribution is 2.31. The summed E-state index contributed by atoms with van der Waals surface area (Å²) < 4.78 is 2.14. The van der Waals surface area contributed by atoms with Crippen molar-refractivity contribution in [1.29, 1.82) is 0 Å².